The molecule has 0 bridgehead atoms. The van der Waals surface area contributed by atoms with Crippen molar-refractivity contribution in [3.8, 4) is 17.6 Å². The number of carbonyl (C=O) groups excluding carboxylic acids is 1. The summed E-state index contributed by atoms with van der Waals surface area (Å²) in [6.45, 7) is 0. The summed E-state index contributed by atoms with van der Waals surface area (Å²) in [6, 6.07) is 15.8. The van der Waals surface area contributed by atoms with E-state index >= 15 is 0 Å². The molecule has 0 spiro atoms. The molecule has 0 fully saturated rings. The van der Waals surface area contributed by atoms with Crippen LogP contribution in [0.5, 0.6) is 11.5 Å². The molecule has 28 heavy (non-hydrogen) atoms. The van der Waals surface area contributed by atoms with Gasteiger partial charge >= 0.3 is 5.97 Å². The fourth-order valence-electron chi connectivity index (χ4n) is 3.08. The number of benzene rings is 2. The molecule has 7 heteroatoms. The minimum Gasteiger partial charge on any atom is -0.457 e. The normalized spacial score (nSPS) is 15.4. The SMILES string of the molecule is N#CC1=C(N)Oc2cc(OC(=O)c3ccco3)ccc2C1c1ccccc1F. The zero-order valence-electron chi connectivity index (χ0n) is 14.4. The van der Waals surface area contributed by atoms with E-state index in [0.717, 1.165) is 0 Å². The van der Waals surface area contributed by atoms with E-state index < -0.39 is 17.7 Å². The first-order valence-electron chi connectivity index (χ1n) is 8.30. The topological polar surface area (TPSA) is 98.5 Å². The minimum atomic E-state index is -0.732. The number of fused-ring (bicyclic) bond motifs is 1. The highest BCUT2D eigenvalue weighted by molar-refractivity contribution is 5.88. The molecular weight excluding hydrogens is 363 g/mol. The third-order valence-electron chi connectivity index (χ3n) is 4.34. The number of ether oxygens (including phenoxy) is 2. The number of nitriles is 1. The van der Waals surface area contributed by atoms with Gasteiger partial charge in [-0.15, -0.1) is 0 Å². The molecule has 1 unspecified atom stereocenters. The van der Waals surface area contributed by atoms with Crippen LogP contribution in [0.3, 0.4) is 0 Å². The van der Waals surface area contributed by atoms with Gasteiger partial charge in [0.25, 0.3) is 0 Å². The number of allylic oxidation sites excluding steroid dienone is 1. The van der Waals surface area contributed by atoms with E-state index in [-0.39, 0.29) is 28.7 Å². The van der Waals surface area contributed by atoms with Gasteiger partial charge in [0, 0.05) is 17.2 Å². The van der Waals surface area contributed by atoms with E-state index in [1.54, 1.807) is 30.3 Å². The van der Waals surface area contributed by atoms with Gasteiger partial charge in [0.2, 0.25) is 11.6 Å². The van der Waals surface area contributed by atoms with Gasteiger partial charge < -0.3 is 19.6 Å². The summed E-state index contributed by atoms with van der Waals surface area (Å²) in [5, 5.41) is 9.52. The Morgan fingerprint density at radius 3 is 2.68 bits per heavy atom. The van der Waals surface area contributed by atoms with Gasteiger partial charge in [-0.3, -0.25) is 0 Å². The molecule has 0 radical (unpaired) electrons. The quantitative estimate of drug-likeness (QED) is 0.551. The Labute approximate surface area is 159 Å². The van der Waals surface area contributed by atoms with Crippen molar-refractivity contribution >= 4 is 5.97 Å². The molecule has 1 aliphatic heterocycles. The monoisotopic (exact) mass is 376 g/mol. The minimum absolute atomic E-state index is 0.0500. The predicted octanol–water partition coefficient (Wildman–Crippen LogP) is 3.86. The van der Waals surface area contributed by atoms with E-state index in [0.29, 0.717) is 11.1 Å². The molecular formula is C21H13FN2O4. The summed E-state index contributed by atoms with van der Waals surface area (Å²) in [5.74, 6) is -1.48. The first-order chi connectivity index (χ1) is 13.6. The number of nitrogens with two attached hydrogens (primary N) is 1. The molecule has 6 nitrogen and oxygen atoms in total. The van der Waals surface area contributed by atoms with Crippen LogP contribution in [0.2, 0.25) is 0 Å². The second kappa shape index (κ2) is 6.93. The Morgan fingerprint density at radius 2 is 1.96 bits per heavy atom. The standard InChI is InChI=1S/C21H13FN2O4/c22-16-5-2-1-4-13(16)19-14-8-7-12(27-21(25)17-6-3-9-26-17)10-18(14)28-20(24)15(19)11-23/h1-10,19H,24H2. The van der Waals surface area contributed by atoms with Crippen molar-refractivity contribution in [1.82, 2.24) is 0 Å². The lowest BCUT2D eigenvalue weighted by Crippen LogP contribution is -2.21. The average Bonchev–Trinajstić information content (AvgIpc) is 3.22. The van der Waals surface area contributed by atoms with Crippen LogP contribution in [0.4, 0.5) is 4.39 Å². The van der Waals surface area contributed by atoms with E-state index in [2.05, 4.69) is 0 Å². The molecule has 0 saturated heterocycles. The van der Waals surface area contributed by atoms with Gasteiger partial charge in [0.1, 0.15) is 29.0 Å². The first kappa shape index (κ1) is 17.4. The van der Waals surface area contributed by atoms with Crippen molar-refractivity contribution in [2.24, 2.45) is 5.73 Å². The van der Waals surface area contributed by atoms with Gasteiger partial charge in [-0.1, -0.05) is 24.3 Å². The number of halogens is 1. The van der Waals surface area contributed by atoms with Gasteiger partial charge in [-0.25, -0.2) is 9.18 Å². The van der Waals surface area contributed by atoms with Gasteiger partial charge in [0.05, 0.1) is 12.2 Å². The number of carbonyl (C=O) groups is 1. The third kappa shape index (κ3) is 2.97. The van der Waals surface area contributed by atoms with E-state index in [1.165, 1.54) is 30.5 Å². The number of esters is 1. The number of hydrogen-bond acceptors (Lipinski definition) is 6. The molecule has 138 valence electrons. The molecule has 1 aliphatic rings. The Morgan fingerprint density at radius 1 is 1.14 bits per heavy atom. The predicted molar refractivity (Wildman–Crippen MR) is 95.8 cm³/mol. The molecule has 0 aliphatic carbocycles. The number of furan rings is 1. The summed E-state index contributed by atoms with van der Waals surface area (Å²) >= 11 is 0. The molecule has 0 amide bonds. The second-order valence-corrected chi connectivity index (χ2v) is 6.01. The smallest absolute Gasteiger partial charge is 0.379 e. The maximum absolute atomic E-state index is 14.4. The fourth-order valence-corrected chi connectivity index (χ4v) is 3.08. The number of hydrogen-bond donors (Lipinski definition) is 1. The summed E-state index contributed by atoms with van der Waals surface area (Å²) in [6.07, 6.45) is 1.36. The van der Waals surface area contributed by atoms with E-state index in [9.17, 15) is 14.4 Å². The molecule has 4 rings (SSSR count). The molecule has 0 saturated carbocycles. The largest absolute Gasteiger partial charge is 0.457 e. The highest BCUT2D eigenvalue weighted by Gasteiger charge is 2.32. The summed E-state index contributed by atoms with van der Waals surface area (Å²) in [7, 11) is 0. The first-order valence-corrected chi connectivity index (χ1v) is 8.30. The van der Waals surface area contributed by atoms with Gasteiger partial charge in [-0.05, 0) is 24.3 Å². The maximum Gasteiger partial charge on any atom is 0.379 e. The molecule has 1 atom stereocenters. The van der Waals surface area contributed by atoms with Gasteiger partial charge in [0.15, 0.2) is 0 Å². The van der Waals surface area contributed by atoms with Crippen LogP contribution in [-0.4, -0.2) is 5.97 Å². The van der Waals surface area contributed by atoms with Gasteiger partial charge in [-0.2, -0.15) is 5.26 Å². The zero-order chi connectivity index (χ0) is 19.7. The Kier molecular flexibility index (Phi) is 4.30. The van der Waals surface area contributed by atoms with Crippen molar-refractivity contribution in [2.45, 2.75) is 5.92 Å². The third-order valence-corrected chi connectivity index (χ3v) is 4.34. The maximum atomic E-state index is 14.4. The van der Waals surface area contributed by atoms with E-state index in [1.807, 2.05) is 6.07 Å². The van der Waals surface area contributed by atoms with Crippen LogP contribution in [0.1, 0.15) is 27.6 Å². The van der Waals surface area contributed by atoms with Crippen molar-refractivity contribution in [2.75, 3.05) is 0 Å². The number of nitrogens with zero attached hydrogens (tertiary/aromatic N) is 1. The molecule has 2 heterocycles. The Hall–Kier alpha value is -4.05. The fraction of sp³-hybridized carbons (Fsp3) is 0.0476. The zero-order valence-corrected chi connectivity index (χ0v) is 14.4. The van der Waals surface area contributed by atoms with Crippen molar-refractivity contribution in [3.63, 3.8) is 0 Å². The highest BCUT2D eigenvalue weighted by atomic mass is 19.1. The van der Waals surface area contributed by atoms with Crippen LogP contribution in [0.25, 0.3) is 0 Å². The molecule has 2 aromatic carbocycles. The molecule has 1 aromatic heterocycles. The van der Waals surface area contributed by atoms with Crippen LogP contribution >= 0.6 is 0 Å². The molecule has 2 N–H and O–H groups in total. The van der Waals surface area contributed by atoms with Crippen LogP contribution in [0.15, 0.2) is 76.7 Å². The summed E-state index contributed by atoms with van der Waals surface area (Å²) in [5.41, 5.74) is 6.84. The molecule has 3 aromatic rings. The van der Waals surface area contributed by atoms with Crippen molar-refractivity contribution < 1.29 is 23.1 Å². The van der Waals surface area contributed by atoms with Crippen molar-refractivity contribution in [3.05, 3.63) is 95.0 Å². The Balaban J connectivity index is 1.74. The highest BCUT2D eigenvalue weighted by Crippen LogP contribution is 2.44. The second-order valence-electron chi connectivity index (χ2n) is 6.01. The number of rotatable bonds is 3. The lowest BCUT2D eigenvalue weighted by atomic mass is 9.83. The van der Waals surface area contributed by atoms with Crippen molar-refractivity contribution in [1.29, 1.82) is 5.26 Å². The van der Waals surface area contributed by atoms with Crippen LogP contribution < -0.4 is 15.2 Å². The Bertz CT molecular complexity index is 1130. The van der Waals surface area contributed by atoms with E-state index in [4.69, 9.17) is 19.6 Å². The lowest BCUT2D eigenvalue weighted by molar-refractivity contribution is 0.0701. The average molecular weight is 376 g/mol. The van der Waals surface area contributed by atoms with Crippen LogP contribution in [0, 0.1) is 17.1 Å². The lowest BCUT2D eigenvalue weighted by Gasteiger charge is -2.26. The van der Waals surface area contributed by atoms with Crippen LogP contribution in [-0.2, 0) is 0 Å². The summed E-state index contributed by atoms with van der Waals surface area (Å²) < 4.78 is 30.2. The summed E-state index contributed by atoms with van der Waals surface area (Å²) in [4.78, 5) is 12.1.